The first kappa shape index (κ1) is 23.2. The Morgan fingerprint density at radius 3 is 2.26 bits per heavy atom. The molecule has 7 nitrogen and oxygen atoms in total. The summed E-state index contributed by atoms with van der Waals surface area (Å²) >= 11 is 0. The smallest absolute Gasteiger partial charge is 0.243 e. The van der Waals surface area contributed by atoms with E-state index in [9.17, 15) is 13.2 Å². The molecule has 0 atom stereocenters. The number of hydrogen-bond donors (Lipinski definition) is 1. The van der Waals surface area contributed by atoms with Crippen molar-refractivity contribution in [2.45, 2.75) is 24.7 Å². The highest BCUT2D eigenvalue weighted by Gasteiger charge is 2.28. The molecule has 1 fully saturated rings. The number of carbonyl (C=O) groups excluding carboxylic acids is 1. The van der Waals surface area contributed by atoms with E-state index >= 15 is 0 Å². The zero-order valence-corrected chi connectivity index (χ0v) is 19.0. The van der Waals surface area contributed by atoms with Crippen molar-refractivity contribution >= 4 is 15.9 Å². The van der Waals surface area contributed by atoms with Crippen molar-refractivity contribution in [3.8, 4) is 5.75 Å². The molecule has 0 aromatic heterocycles. The normalized spacial score (nSPS) is 15.5. The molecule has 2 aromatic carbocycles. The zero-order valence-electron chi connectivity index (χ0n) is 18.2. The molecular formula is C23H31N3O4S. The van der Waals surface area contributed by atoms with E-state index in [-0.39, 0.29) is 5.91 Å². The minimum atomic E-state index is -3.45. The van der Waals surface area contributed by atoms with Gasteiger partial charge in [-0.1, -0.05) is 29.8 Å². The van der Waals surface area contributed by atoms with Crippen LogP contribution in [0.4, 0.5) is 0 Å². The molecular weight excluding hydrogens is 414 g/mol. The molecule has 1 aliphatic heterocycles. The number of amides is 1. The number of nitrogens with one attached hydrogen (secondary N) is 1. The topological polar surface area (TPSA) is 79.0 Å². The number of hydrogen-bond acceptors (Lipinski definition) is 5. The summed E-state index contributed by atoms with van der Waals surface area (Å²) < 4.78 is 32.2. The maximum absolute atomic E-state index is 12.8. The van der Waals surface area contributed by atoms with Crippen LogP contribution in [0.1, 0.15) is 17.5 Å². The Morgan fingerprint density at radius 1 is 1.00 bits per heavy atom. The summed E-state index contributed by atoms with van der Waals surface area (Å²) in [5, 5.41) is 2.96. The fraction of sp³-hybridized carbons (Fsp3) is 0.435. The van der Waals surface area contributed by atoms with Crippen LogP contribution in [-0.4, -0.2) is 69.9 Å². The Balaban J connectivity index is 1.36. The number of carbonyl (C=O) groups is 1. The number of ether oxygens (including phenoxy) is 1. The van der Waals surface area contributed by atoms with Crippen LogP contribution in [-0.2, 0) is 21.2 Å². The monoisotopic (exact) mass is 445 g/mol. The summed E-state index contributed by atoms with van der Waals surface area (Å²) in [5.74, 6) is 0.830. The average molecular weight is 446 g/mol. The van der Waals surface area contributed by atoms with Crippen LogP contribution in [0.25, 0.3) is 0 Å². The van der Waals surface area contributed by atoms with Gasteiger partial charge in [0.2, 0.25) is 15.9 Å². The number of aryl methyl sites for hydroxylation is 2. The average Bonchev–Trinajstić information content (AvgIpc) is 2.78. The molecule has 0 spiro atoms. The van der Waals surface area contributed by atoms with Crippen LogP contribution in [0.3, 0.4) is 0 Å². The molecule has 1 heterocycles. The van der Waals surface area contributed by atoms with Gasteiger partial charge in [-0.15, -0.1) is 0 Å². The molecule has 1 amide bonds. The van der Waals surface area contributed by atoms with Gasteiger partial charge in [0, 0.05) is 45.7 Å². The predicted molar refractivity (Wildman–Crippen MR) is 121 cm³/mol. The maximum Gasteiger partial charge on any atom is 0.243 e. The molecule has 0 unspecified atom stereocenters. The Hall–Kier alpha value is -2.42. The largest absolute Gasteiger partial charge is 0.497 e. The van der Waals surface area contributed by atoms with Gasteiger partial charge in [-0.05, 0) is 43.2 Å². The lowest BCUT2D eigenvalue weighted by Gasteiger charge is -2.34. The zero-order chi connectivity index (χ0) is 22.3. The van der Waals surface area contributed by atoms with E-state index in [0.717, 1.165) is 16.9 Å². The fourth-order valence-electron chi connectivity index (χ4n) is 3.54. The van der Waals surface area contributed by atoms with Gasteiger partial charge in [0.15, 0.2) is 0 Å². The van der Waals surface area contributed by atoms with Crippen molar-refractivity contribution in [1.29, 1.82) is 0 Å². The SMILES string of the molecule is COc1ccc(CCC(=O)NCCN2CCN(S(=O)(=O)c3ccc(C)cc3)CC2)cc1. The van der Waals surface area contributed by atoms with Gasteiger partial charge in [-0.3, -0.25) is 9.69 Å². The Labute approximate surface area is 185 Å². The minimum Gasteiger partial charge on any atom is -0.497 e. The maximum atomic E-state index is 12.8. The number of sulfonamides is 1. The fourth-order valence-corrected chi connectivity index (χ4v) is 4.97. The van der Waals surface area contributed by atoms with Gasteiger partial charge in [0.1, 0.15) is 5.75 Å². The minimum absolute atomic E-state index is 0.0244. The van der Waals surface area contributed by atoms with Gasteiger partial charge >= 0.3 is 0 Å². The second-order valence-electron chi connectivity index (χ2n) is 7.76. The van der Waals surface area contributed by atoms with Crippen LogP contribution in [0.15, 0.2) is 53.4 Å². The molecule has 31 heavy (non-hydrogen) atoms. The second kappa shape index (κ2) is 10.7. The molecule has 8 heteroatoms. The number of nitrogens with zero attached hydrogens (tertiary/aromatic N) is 2. The number of rotatable bonds is 9. The summed E-state index contributed by atoms with van der Waals surface area (Å²) in [6.07, 6.45) is 1.13. The molecule has 0 saturated carbocycles. The quantitative estimate of drug-likeness (QED) is 0.639. The molecule has 0 radical (unpaired) electrons. The molecule has 0 aliphatic carbocycles. The number of methoxy groups -OCH3 is 1. The predicted octanol–water partition coefficient (Wildman–Crippen LogP) is 2.06. The van der Waals surface area contributed by atoms with Crippen LogP contribution in [0.2, 0.25) is 0 Å². The van der Waals surface area contributed by atoms with Gasteiger partial charge in [0.05, 0.1) is 12.0 Å². The molecule has 1 saturated heterocycles. The van der Waals surface area contributed by atoms with Crippen molar-refractivity contribution in [3.05, 3.63) is 59.7 Å². The van der Waals surface area contributed by atoms with Crippen LogP contribution in [0.5, 0.6) is 5.75 Å². The van der Waals surface area contributed by atoms with E-state index in [0.29, 0.717) is 57.0 Å². The van der Waals surface area contributed by atoms with Gasteiger partial charge in [0.25, 0.3) is 0 Å². The number of benzene rings is 2. The van der Waals surface area contributed by atoms with Crippen molar-refractivity contribution < 1.29 is 17.9 Å². The van der Waals surface area contributed by atoms with E-state index in [1.54, 1.807) is 23.5 Å². The first-order chi connectivity index (χ1) is 14.9. The molecule has 1 aliphatic rings. The van der Waals surface area contributed by atoms with E-state index < -0.39 is 10.0 Å². The Kier molecular flexibility index (Phi) is 8.06. The van der Waals surface area contributed by atoms with E-state index in [2.05, 4.69) is 10.2 Å². The first-order valence-electron chi connectivity index (χ1n) is 10.6. The second-order valence-corrected chi connectivity index (χ2v) is 9.69. The van der Waals surface area contributed by atoms with Crippen LogP contribution < -0.4 is 10.1 Å². The van der Waals surface area contributed by atoms with Gasteiger partial charge < -0.3 is 10.1 Å². The highest BCUT2D eigenvalue weighted by atomic mass is 32.2. The summed E-state index contributed by atoms with van der Waals surface area (Å²) in [6, 6.07) is 14.7. The van der Waals surface area contributed by atoms with Crippen molar-refractivity contribution in [2.75, 3.05) is 46.4 Å². The standard InChI is InChI=1S/C23H31N3O4S/c1-19-3-10-22(11-4-19)31(28,29)26-17-15-25(16-18-26)14-13-24-23(27)12-7-20-5-8-21(30-2)9-6-20/h3-6,8-11H,7,12-18H2,1-2H3,(H,24,27). The summed E-state index contributed by atoms with van der Waals surface area (Å²) in [6.45, 7) is 5.45. The lowest BCUT2D eigenvalue weighted by atomic mass is 10.1. The first-order valence-corrected chi connectivity index (χ1v) is 12.0. The van der Waals surface area contributed by atoms with Crippen molar-refractivity contribution in [2.24, 2.45) is 0 Å². The highest BCUT2D eigenvalue weighted by Crippen LogP contribution is 2.18. The van der Waals surface area contributed by atoms with Gasteiger partial charge in [-0.2, -0.15) is 4.31 Å². The molecule has 3 rings (SSSR count). The van der Waals surface area contributed by atoms with Crippen LogP contribution in [0, 0.1) is 6.92 Å². The van der Waals surface area contributed by atoms with E-state index in [4.69, 9.17) is 4.74 Å². The lowest BCUT2D eigenvalue weighted by molar-refractivity contribution is -0.121. The Bertz CT molecular complexity index is 951. The summed E-state index contributed by atoms with van der Waals surface area (Å²) in [7, 11) is -1.82. The third kappa shape index (κ3) is 6.53. The third-order valence-corrected chi connectivity index (χ3v) is 7.45. The highest BCUT2D eigenvalue weighted by molar-refractivity contribution is 7.89. The Morgan fingerprint density at radius 2 is 1.65 bits per heavy atom. The molecule has 0 bridgehead atoms. The molecule has 2 aromatic rings. The molecule has 168 valence electrons. The van der Waals surface area contributed by atoms with Crippen molar-refractivity contribution in [3.63, 3.8) is 0 Å². The lowest BCUT2D eigenvalue weighted by Crippen LogP contribution is -2.50. The van der Waals surface area contributed by atoms with E-state index in [1.165, 1.54) is 0 Å². The summed E-state index contributed by atoms with van der Waals surface area (Å²) in [5.41, 5.74) is 2.14. The van der Waals surface area contributed by atoms with E-state index in [1.807, 2.05) is 43.3 Å². The van der Waals surface area contributed by atoms with Gasteiger partial charge in [-0.25, -0.2) is 8.42 Å². The van der Waals surface area contributed by atoms with Crippen molar-refractivity contribution in [1.82, 2.24) is 14.5 Å². The number of piperazine rings is 1. The van der Waals surface area contributed by atoms with Crippen LogP contribution >= 0.6 is 0 Å². The summed E-state index contributed by atoms with van der Waals surface area (Å²) in [4.78, 5) is 14.6. The molecule has 1 N–H and O–H groups in total. The third-order valence-electron chi connectivity index (χ3n) is 5.54.